The molecule has 4 heteroatoms. The number of allylic oxidation sites excluding steroid dienone is 2. The maximum Gasteiger partial charge on any atom is 0.122 e. The number of nitrogens with one attached hydrogen (secondary N) is 1. The fraction of sp³-hybridized carbons (Fsp3) is 0.259. The van der Waals surface area contributed by atoms with E-state index < -0.39 is 0 Å². The Morgan fingerprint density at radius 3 is 2.45 bits per heavy atom. The van der Waals surface area contributed by atoms with E-state index in [1.807, 2.05) is 30.3 Å². The molecule has 3 aromatic rings. The van der Waals surface area contributed by atoms with Crippen molar-refractivity contribution in [2.75, 3.05) is 24.8 Å². The van der Waals surface area contributed by atoms with Crippen LogP contribution < -0.4 is 14.8 Å². The van der Waals surface area contributed by atoms with Crippen LogP contribution in [0.2, 0.25) is 0 Å². The van der Waals surface area contributed by atoms with Crippen molar-refractivity contribution >= 4 is 17.4 Å². The van der Waals surface area contributed by atoms with Gasteiger partial charge in [0.25, 0.3) is 0 Å². The minimum absolute atomic E-state index is 0.328. The van der Waals surface area contributed by atoms with Gasteiger partial charge in [0.2, 0.25) is 0 Å². The van der Waals surface area contributed by atoms with Crippen LogP contribution in [0.15, 0.2) is 89.8 Å². The third kappa shape index (κ3) is 4.31. The van der Waals surface area contributed by atoms with Crippen LogP contribution in [0.25, 0.3) is 0 Å². The fourth-order valence-corrected chi connectivity index (χ4v) is 5.05. The third-order valence-electron chi connectivity index (χ3n) is 6.17. The summed E-state index contributed by atoms with van der Waals surface area (Å²) >= 11 is 1.78. The predicted octanol–water partition coefficient (Wildman–Crippen LogP) is 6.69. The molecule has 1 heterocycles. The summed E-state index contributed by atoms with van der Waals surface area (Å²) in [6, 6.07) is 25.6. The van der Waals surface area contributed by atoms with Crippen LogP contribution in [0, 0.1) is 5.92 Å². The second-order valence-corrected chi connectivity index (χ2v) is 8.89. The lowest BCUT2D eigenvalue weighted by molar-refractivity contribution is 0.217. The first-order chi connectivity index (χ1) is 15.3. The molecule has 2 aliphatic rings. The van der Waals surface area contributed by atoms with Crippen molar-refractivity contribution in [2.24, 2.45) is 5.92 Å². The fourth-order valence-electron chi connectivity index (χ4n) is 4.64. The molecular formula is C27H27NO2S. The van der Waals surface area contributed by atoms with Crippen LogP contribution in [0.1, 0.15) is 29.5 Å². The van der Waals surface area contributed by atoms with E-state index in [4.69, 9.17) is 9.47 Å². The van der Waals surface area contributed by atoms with Gasteiger partial charge >= 0.3 is 0 Å². The predicted molar refractivity (Wildman–Crippen MR) is 128 cm³/mol. The summed E-state index contributed by atoms with van der Waals surface area (Å²) in [6.07, 6.45) is 7.92. The highest BCUT2D eigenvalue weighted by molar-refractivity contribution is 7.98. The first-order valence-corrected chi connectivity index (χ1v) is 12.1. The molecule has 1 N–H and O–H groups in total. The Kier molecular flexibility index (Phi) is 5.90. The zero-order valence-electron chi connectivity index (χ0n) is 17.7. The zero-order chi connectivity index (χ0) is 21.0. The Bertz CT molecular complexity index is 1050. The number of anilines is 1. The van der Waals surface area contributed by atoms with Crippen molar-refractivity contribution in [1.29, 1.82) is 0 Å². The SMILES string of the molecule is CSc1ccc(C2Nc3ccc(OCCOc4ccccc4)cc3C3C=CCC32)cc1. The normalized spacial score (nSPS) is 21.1. The molecule has 3 nitrogen and oxygen atoms in total. The van der Waals surface area contributed by atoms with Crippen molar-refractivity contribution in [2.45, 2.75) is 23.3 Å². The van der Waals surface area contributed by atoms with Gasteiger partial charge in [-0.3, -0.25) is 0 Å². The largest absolute Gasteiger partial charge is 0.490 e. The summed E-state index contributed by atoms with van der Waals surface area (Å²) in [7, 11) is 0. The molecule has 0 amide bonds. The Labute approximate surface area is 188 Å². The van der Waals surface area contributed by atoms with Gasteiger partial charge in [-0.25, -0.2) is 0 Å². The van der Waals surface area contributed by atoms with E-state index in [0.717, 1.165) is 17.9 Å². The molecule has 3 unspecified atom stereocenters. The van der Waals surface area contributed by atoms with Gasteiger partial charge in [0.1, 0.15) is 24.7 Å². The summed E-state index contributed by atoms with van der Waals surface area (Å²) in [4.78, 5) is 1.30. The van der Waals surface area contributed by atoms with Crippen LogP contribution in [0.3, 0.4) is 0 Å². The number of hydrogen-bond acceptors (Lipinski definition) is 4. The average molecular weight is 430 g/mol. The van der Waals surface area contributed by atoms with Crippen molar-refractivity contribution in [3.8, 4) is 11.5 Å². The first kappa shape index (κ1) is 20.1. The molecule has 0 bridgehead atoms. The van der Waals surface area contributed by atoms with Gasteiger partial charge in [-0.15, -0.1) is 11.8 Å². The maximum atomic E-state index is 6.00. The van der Waals surface area contributed by atoms with Gasteiger partial charge in [-0.1, -0.05) is 42.5 Å². The highest BCUT2D eigenvalue weighted by Crippen LogP contribution is 2.50. The average Bonchev–Trinajstić information content (AvgIpc) is 3.32. The Balaban J connectivity index is 1.28. The summed E-state index contributed by atoms with van der Waals surface area (Å²) < 4.78 is 11.7. The minimum Gasteiger partial charge on any atom is -0.490 e. The van der Waals surface area contributed by atoms with Crippen molar-refractivity contribution in [3.63, 3.8) is 0 Å². The molecule has 0 saturated carbocycles. The van der Waals surface area contributed by atoms with Gasteiger partial charge in [0.15, 0.2) is 0 Å². The number of ether oxygens (including phenoxy) is 2. The molecule has 0 saturated heterocycles. The van der Waals surface area contributed by atoms with Crippen molar-refractivity contribution < 1.29 is 9.47 Å². The smallest absolute Gasteiger partial charge is 0.122 e. The monoisotopic (exact) mass is 429 g/mol. The molecule has 1 aliphatic carbocycles. The van der Waals surface area contributed by atoms with Gasteiger partial charge in [-0.2, -0.15) is 0 Å². The molecule has 3 aromatic carbocycles. The minimum atomic E-state index is 0.328. The summed E-state index contributed by atoms with van der Waals surface area (Å²) in [6.45, 7) is 1.05. The van der Waals surface area contributed by atoms with Crippen LogP contribution >= 0.6 is 11.8 Å². The quantitative estimate of drug-likeness (QED) is 0.257. The number of hydrogen-bond donors (Lipinski definition) is 1. The van der Waals surface area contributed by atoms with Crippen molar-refractivity contribution in [3.05, 3.63) is 96.1 Å². The highest BCUT2D eigenvalue weighted by Gasteiger charge is 2.38. The zero-order valence-corrected chi connectivity index (χ0v) is 18.5. The number of benzene rings is 3. The lowest BCUT2D eigenvalue weighted by atomic mass is 9.77. The topological polar surface area (TPSA) is 30.5 Å². The Hall–Kier alpha value is -2.85. The summed E-state index contributed by atoms with van der Waals surface area (Å²) in [5.41, 5.74) is 3.90. The Morgan fingerprint density at radius 1 is 0.903 bits per heavy atom. The summed E-state index contributed by atoms with van der Waals surface area (Å²) in [5, 5.41) is 3.81. The van der Waals surface area contributed by atoms with Gasteiger partial charge in [-0.05, 0) is 72.2 Å². The van der Waals surface area contributed by atoms with Gasteiger partial charge in [0, 0.05) is 16.5 Å². The molecule has 1 aliphatic heterocycles. The van der Waals surface area contributed by atoms with Gasteiger partial charge < -0.3 is 14.8 Å². The number of para-hydroxylation sites is 1. The third-order valence-corrected chi connectivity index (χ3v) is 6.92. The molecular weight excluding hydrogens is 402 g/mol. The molecule has 0 fully saturated rings. The molecule has 3 atom stereocenters. The standard InChI is InChI=1S/C27H27NO2S/c1-31-22-13-10-19(11-14-22)27-24-9-5-8-23(24)25-18-21(12-15-26(25)28-27)30-17-16-29-20-6-3-2-4-7-20/h2-8,10-15,18,23-24,27-28H,9,16-17H2,1H3. The van der Waals surface area contributed by atoms with E-state index in [1.165, 1.54) is 21.7 Å². The van der Waals surface area contributed by atoms with Crippen LogP contribution in [0.5, 0.6) is 11.5 Å². The first-order valence-electron chi connectivity index (χ1n) is 10.8. The lowest BCUT2D eigenvalue weighted by Crippen LogP contribution is -2.29. The number of thioether (sulfide) groups is 1. The maximum absolute atomic E-state index is 6.00. The van der Waals surface area contributed by atoms with E-state index in [9.17, 15) is 0 Å². The highest BCUT2D eigenvalue weighted by atomic mass is 32.2. The van der Waals surface area contributed by atoms with Crippen LogP contribution in [-0.2, 0) is 0 Å². The van der Waals surface area contributed by atoms with E-state index in [-0.39, 0.29) is 0 Å². The number of fused-ring (bicyclic) bond motifs is 3. The molecule has 0 radical (unpaired) electrons. The Morgan fingerprint density at radius 2 is 1.68 bits per heavy atom. The molecule has 5 rings (SSSR count). The van der Waals surface area contributed by atoms with E-state index in [2.05, 4.69) is 66.2 Å². The van der Waals surface area contributed by atoms with Crippen LogP contribution in [-0.4, -0.2) is 19.5 Å². The molecule has 31 heavy (non-hydrogen) atoms. The lowest BCUT2D eigenvalue weighted by Gasteiger charge is -2.37. The second kappa shape index (κ2) is 9.11. The number of rotatable bonds is 7. The van der Waals surface area contributed by atoms with E-state index in [1.54, 1.807) is 11.8 Å². The van der Waals surface area contributed by atoms with E-state index in [0.29, 0.717) is 31.1 Å². The molecule has 158 valence electrons. The van der Waals surface area contributed by atoms with Crippen LogP contribution in [0.4, 0.5) is 5.69 Å². The van der Waals surface area contributed by atoms with Gasteiger partial charge in [0.05, 0.1) is 6.04 Å². The van der Waals surface area contributed by atoms with E-state index >= 15 is 0 Å². The second-order valence-electron chi connectivity index (χ2n) is 8.01. The summed E-state index contributed by atoms with van der Waals surface area (Å²) in [5.74, 6) is 2.73. The molecule has 0 aromatic heterocycles. The van der Waals surface area contributed by atoms with Crippen molar-refractivity contribution in [1.82, 2.24) is 0 Å². The molecule has 0 spiro atoms.